The molecule has 45 heavy (non-hydrogen) atoms. The van der Waals surface area contributed by atoms with Crippen molar-refractivity contribution < 1.29 is 18.8 Å². The van der Waals surface area contributed by atoms with Crippen LogP contribution in [0.1, 0.15) is 23.1 Å². The summed E-state index contributed by atoms with van der Waals surface area (Å²) < 4.78 is 14.2. The first-order valence-electron chi connectivity index (χ1n) is 14.4. The lowest BCUT2D eigenvalue weighted by molar-refractivity contribution is -0.136. The summed E-state index contributed by atoms with van der Waals surface area (Å²) in [6, 6.07) is 34.6. The second-order valence-electron chi connectivity index (χ2n) is 10.8. The van der Waals surface area contributed by atoms with Crippen molar-refractivity contribution in [3.63, 3.8) is 0 Å². The number of benzene rings is 5. The number of nitrogens with one attached hydrogen (secondary N) is 1. The van der Waals surface area contributed by atoms with Gasteiger partial charge in [-0.1, -0.05) is 78.9 Å². The maximum absolute atomic E-state index is 14.3. The lowest BCUT2D eigenvalue weighted by Crippen LogP contribution is -2.43. The summed E-state index contributed by atoms with van der Waals surface area (Å²) in [5.41, 5.74) is 9.52. The summed E-state index contributed by atoms with van der Waals surface area (Å²) in [7, 11) is 0. The normalized spacial score (nSPS) is 14.5. The molecular weight excluding hydrogens is 591 g/mol. The van der Waals surface area contributed by atoms with Gasteiger partial charge in [0.05, 0.1) is 17.9 Å². The third-order valence-electron chi connectivity index (χ3n) is 7.90. The Balaban J connectivity index is 0.00000400. The molecule has 0 aromatic heterocycles. The van der Waals surface area contributed by atoms with Gasteiger partial charge >= 0.3 is 0 Å². The minimum absolute atomic E-state index is 0. The third-order valence-corrected chi connectivity index (χ3v) is 7.90. The number of carbonyl (C=O) groups excluding carboxylic acids is 3. The van der Waals surface area contributed by atoms with Crippen molar-refractivity contribution in [3.05, 3.63) is 138 Å². The number of carbonyl (C=O) groups is 3. The monoisotopic (exact) mass is 622 g/mol. The predicted molar refractivity (Wildman–Crippen MR) is 177 cm³/mol. The molecule has 0 saturated heterocycles. The van der Waals surface area contributed by atoms with Gasteiger partial charge in [-0.05, 0) is 58.3 Å². The minimum atomic E-state index is -1.32. The average molecular weight is 623 g/mol. The zero-order chi connectivity index (χ0) is 30.6. The molecule has 9 heteroatoms. The van der Waals surface area contributed by atoms with Gasteiger partial charge in [0.15, 0.2) is 0 Å². The smallest absolute Gasteiger partial charge is 0.244 e. The van der Waals surface area contributed by atoms with Crippen molar-refractivity contribution in [2.24, 2.45) is 11.7 Å². The van der Waals surface area contributed by atoms with Crippen LogP contribution in [-0.4, -0.2) is 17.7 Å². The van der Waals surface area contributed by atoms with Crippen LogP contribution in [0.2, 0.25) is 0 Å². The van der Waals surface area contributed by atoms with E-state index < -0.39 is 35.9 Å². The molecule has 1 unspecified atom stereocenters. The molecular formula is C36H32ClFN4O3. The molecule has 3 N–H and O–H groups in total. The molecule has 1 heterocycles. The third kappa shape index (κ3) is 6.57. The number of amides is 3. The second-order valence-corrected chi connectivity index (χ2v) is 10.8. The fourth-order valence-corrected chi connectivity index (χ4v) is 5.57. The van der Waals surface area contributed by atoms with E-state index in [-0.39, 0.29) is 25.5 Å². The minimum Gasteiger partial charge on any atom is -0.352 e. The molecule has 0 radical (unpaired) electrons. The van der Waals surface area contributed by atoms with Gasteiger partial charge in [-0.15, -0.1) is 12.4 Å². The molecule has 0 saturated carbocycles. The van der Waals surface area contributed by atoms with Gasteiger partial charge in [0, 0.05) is 30.8 Å². The van der Waals surface area contributed by atoms with Crippen LogP contribution in [0.4, 0.5) is 21.5 Å². The predicted octanol–water partition coefficient (Wildman–Crippen LogP) is 6.39. The lowest BCUT2D eigenvalue weighted by atomic mass is 10.00. The zero-order valence-corrected chi connectivity index (χ0v) is 25.2. The first-order valence-corrected chi connectivity index (χ1v) is 14.4. The number of nitrogens with two attached hydrogens (primary N) is 1. The van der Waals surface area contributed by atoms with E-state index in [9.17, 15) is 18.8 Å². The number of para-hydroxylation sites is 2. The second kappa shape index (κ2) is 13.7. The molecule has 1 aliphatic rings. The van der Waals surface area contributed by atoms with Crippen LogP contribution in [0.15, 0.2) is 115 Å². The quantitative estimate of drug-likeness (QED) is 0.196. The Morgan fingerprint density at radius 1 is 0.756 bits per heavy atom. The van der Waals surface area contributed by atoms with E-state index in [0.717, 1.165) is 21.9 Å². The highest BCUT2D eigenvalue weighted by Gasteiger charge is 2.42. The van der Waals surface area contributed by atoms with E-state index >= 15 is 0 Å². The number of fused-ring (bicyclic) bond motifs is 2. The molecule has 0 fully saturated rings. The van der Waals surface area contributed by atoms with Gasteiger partial charge in [0.1, 0.15) is 11.7 Å². The molecule has 3 amide bonds. The summed E-state index contributed by atoms with van der Waals surface area (Å²) in [6.45, 7) is 0.473. The van der Waals surface area contributed by atoms with E-state index in [1.54, 1.807) is 41.3 Å². The van der Waals surface area contributed by atoms with Gasteiger partial charge < -0.3 is 16.0 Å². The number of rotatable bonds is 8. The highest BCUT2D eigenvalue weighted by molar-refractivity contribution is 6.21. The number of hydrogen-bond acceptors (Lipinski definition) is 4. The summed E-state index contributed by atoms with van der Waals surface area (Å²) in [5.74, 6) is -3.31. The topological polar surface area (TPSA) is 95.7 Å². The summed E-state index contributed by atoms with van der Waals surface area (Å²) >= 11 is 0. The van der Waals surface area contributed by atoms with E-state index in [1.807, 2.05) is 72.8 Å². The van der Waals surface area contributed by atoms with Gasteiger partial charge in [0.2, 0.25) is 17.7 Å². The van der Waals surface area contributed by atoms with Crippen LogP contribution >= 0.6 is 12.4 Å². The number of nitrogens with zero attached hydrogens (tertiary/aromatic N) is 2. The molecule has 228 valence electrons. The number of halogens is 2. The van der Waals surface area contributed by atoms with Crippen molar-refractivity contribution in [1.82, 2.24) is 5.32 Å². The Kier molecular flexibility index (Phi) is 9.56. The molecule has 0 spiro atoms. The van der Waals surface area contributed by atoms with Gasteiger partial charge in [-0.2, -0.15) is 0 Å². The lowest BCUT2D eigenvalue weighted by Gasteiger charge is -2.26. The molecule has 1 aliphatic heterocycles. The zero-order valence-electron chi connectivity index (χ0n) is 24.4. The fourth-order valence-electron chi connectivity index (χ4n) is 5.57. The fraction of sp³-hybridized carbons (Fsp3) is 0.139. The molecule has 1 atom stereocenters. The number of hydrogen-bond donors (Lipinski definition) is 2. The first-order chi connectivity index (χ1) is 21.4. The SMILES string of the molecule is Cl.NCc1ccc(N2C(=O)C(CC(=O)NCc3ccccc3F)C(=O)N(Cc3ccc4ccccc4c3)c3ccccc32)cc1. The van der Waals surface area contributed by atoms with Crippen LogP contribution in [0, 0.1) is 11.7 Å². The Hall–Kier alpha value is -5.05. The average Bonchev–Trinajstić information content (AvgIpc) is 3.13. The molecule has 6 rings (SSSR count). The molecule has 7 nitrogen and oxygen atoms in total. The highest BCUT2D eigenvalue weighted by Crippen LogP contribution is 2.40. The van der Waals surface area contributed by atoms with Crippen molar-refractivity contribution in [2.45, 2.75) is 26.1 Å². The van der Waals surface area contributed by atoms with Crippen molar-refractivity contribution in [2.75, 3.05) is 9.80 Å². The molecule has 5 aromatic rings. The Morgan fingerprint density at radius 2 is 1.40 bits per heavy atom. The Morgan fingerprint density at radius 3 is 2.13 bits per heavy atom. The molecule has 0 bridgehead atoms. The Bertz CT molecular complexity index is 1860. The maximum atomic E-state index is 14.3. The Labute approximate surface area is 266 Å². The molecule has 5 aromatic carbocycles. The summed E-state index contributed by atoms with van der Waals surface area (Å²) in [4.78, 5) is 45.0. The maximum Gasteiger partial charge on any atom is 0.244 e. The highest BCUT2D eigenvalue weighted by atomic mass is 35.5. The van der Waals surface area contributed by atoms with Crippen molar-refractivity contribution in [1.29, 1.82) is 0 Å². The van der Waals surface area contributed by atoms with E-state index in [2.05, 4.69) is 5.32 Å². The van der Waals surface area contributed by atoms with Gasteiger partial charge in [-0.3, -0.25) is 19.3 Å². The van der Waals surface area contributed by atoms with E-state index in [1.165, 1.54) is 11.0 Å². The first kappa shape index (κ1) is 31.4. The van der Waals surface area contributed by atoms with Crippen molar-refractivity contribution in [3.8, 4) is 0 Å². The van der Waals surface area contributed by atoms with Gasteiger partial charge in [0.25, 0.3) is 0 Å². The molecule has 0 aliphatic carbocycles. The van der Waals surface area contributed by atoms with Crippen LogP contribution in [0.5, 0.6) is 0 Å². The van der Waals surface area contributed by atoms with Gasteiger partial charge in [-0.25, -0.2) is 4.39 Å². The van der Waals surface area contributed by atoms with Crippen LogP contribution in [0.3, 0.4) is 0 Å². The van der Waals surface area contributed by atoms with Crippen molar-refractivity contribution >= 4 is 58.0 Å². The van der Waals surface area contributed by atoms with Crippen LogP contribution in [0.25, 0.3) is 10.8 Å². The standard InChI is InChI=1S/C36H31FN4O3.ClH/c37-31-10-4-3-9-28(31)22-39-34(42)20-30-35(43)40(23-25-13-16-26-7-1-2-8-27(26)19-25)32-11-5-6-12-33(32)41(36(30)44)29-17-14-24(21-38)15-18-29;/h1-19,30H,20-23,38H2,(H,39,42);1H. The number of anilines is 3. The van der Waals surface area contributed by atoms with Crippen LogP contribution in [-0.2, 0) is 34.0 Å². The van der Waals surface area contributed by atoms with E-state index in [0.29, 0.717) is 29.2 Å². The summed E-state index contributed by atoms with van der Waals surface area (Å²) in [6.07, 6.45) is -0.397. The van der Waals surface area contributed by atoms with E-state index in [4.69, 9.17) is 5.73 Å². The van der Waals surface area contributed by atoms with Crippen LogP contribution < -0.4 is 20.9 Å². The largest absolute Gasteiger partial charge is 0.352 e. The summed E-state index contributed by atoms with van der Waals surface area (Å²) in [5, 5.41) is 4.79.